The maximum atomic E-state index is 13.2. The largest absolute Gasteiger partial charge is 0.348 e. The van der Waals surface area contributed by atoms with Crippen molar-refractivity contribution in [3.63, 3.8) is 0 Å². The van der Waals surface area contributed by atoms with Crippen molar-refractivity contribution in [1.82, 2.24) is 10.3 Å². The molecular formula is C20H14F3N3O2. The fourth-order valence-electron chi connectivity index (χ4n) is 2.35. The topological polar surface area (TPSA) is 71.1 Å². The molecule has 8 heteroatoms. The maximum absolute atomic E-state index is 13.2. The smallest absolute Gasteiger partial charge is 0.274 e. The number of amides is 2. The number of rotatable bonds is 5. The second-order valence-electron chi connectivity index (χ2n) is 5.82. The number of halogens is 3. The summed E-state index contributed by atoms with van der Waals surface area (Å²) in [7, 11) is 0. The summed E-state index contributed by atoms with van der Waals surface area (Å²) in [6.07, 6.45) is 1.28. The molecule has 142 valence electrons. The molecular weight excluding hydrogens is 371 g/mol. The molecule has 2 amide bonds. The van der Waals surface area contributed by atoms with Crippen molar-refractivity contribution in [3.8, 4) is 0 Å². The fourth-order valence-corrected chi connectivity index (χ4v) is 2.35. The van der Waals surface area contributed by atoms with Gasteiger partial charge in [0.2, 0.25) is 0 Å². The third-order valence-electron chi connectivity index (χ3n) is 3.80. The molecule has 3 aromatic rings. The molecule has 0 fully saturated rings. The first kappa shape index (κ1) is 19.1. The third-order valence-corrected chi connectivity index (χ3v) is 3.80. The van der Waals surface area contributed by atoms with E-state index in [0.717, 1.165) is 12.1 Å². The Kier molecular flexibility index (Phi) is 5.69. The van der Waals surface area contributed by atoms with Gasteiger partial charge < -0.3 is 10.6 Å². The van der Waals surface area contributed by atoms with Crippen LogP contribution in [-0.4, -0.2) is 16.8 Å². The Balaban J connectivity index is 1.66. The molecule has 0 aliphatic heterocycles. The molecule has 2 N–H and O–H groups in total. The van der Waals surface area contributed by atoms with Gasteiger partial charge in [-0.25, -0.2) is 13.2 Å². The van der Waals surface area contributed by atoms with Crippen LogP contribution in [0.3, 0.4) is 0 Å². The summed E-state index contributed by atoms with van der Waals surface area (Å²) >= 11 is 0. The molecule has 2 aromatic carbocycles. The summed E-state index contributed by atoms with van der Waals surface area (Å²) in [5.41, 5.74) is 0.878. The average Bonchev–Trinajstić information content (AvgIpc) is 2.70. The minimum Gasteiger partial charge on any atom is -0.348 e. The number of anilines is 1. The van der Waals surface area contributed by atoms with E-state index in [1.54, 1.807) is 12.1 Å². The van der Waals surface area contributed by atoms with Crippen LogP contribution in [0, 0.1) is 17.5 Å². The Morgan fingerprint density at radius 1 is 0.857 bits per heavy atom. The highest BCUT2D eigenvalue weighted by molar-refractivity contribution is 6.04. The lowest BCUT2D eigenvalue weighted by atomic mass is 10.2. The van der Waals surface area contributed by atoms with E-state index < -0.39 is 23.4 Å². The van der Waals surface area contributed by atoms with E-state index in [0.29, 0.717) is 5.56 Å². The van der Waals surface area contributed by atoms with E-state index in [2.05, 4.69) is 15.6 Å². The van der Waals surface area contributed by atoms with Crippen LogP contribution in [0.2, 0.25) is 0 Å². The zero-order valence-electron chi connectivity index (χ0n) is 14.4. The first-order chi connectivity index (χ1) is 13.4. The van der Waals surface area contributed by atoms with Gasteiger partial charge in [0.1, 0.15) is 11.5 Å². The summed E-state index contributed by atoms with van der Waals surface area (Å²) in [5, 5.41) is 5.03. The van der Waals surface area contributed by atoms with Crippen LogP contribution in [0.15, 0.2) is 60.8 Å². The van der Waals surface area contributed by atoms with Gasteiger partial charge in [-0.05, 0) is 42.0 Å². The van der Waals surface area contributed by atoms with Gasteiger partial charge in [0.25, 0.3) is 11.8 Å². The molecule has 3 rings (SSSR count). The fraction of sp³-hybridized carbons (Fsp3) is 0.0500. The first-order valence-corrected chi connectivity index (χ1v) is 8.17. The zero-order valence-corrected chi connectivity index (χ0v) is 14.4. The highest BCUT2D eigenvalue weighted by Gasteiger charge is 2.13. The Morgan fingerprint density at radius 2 is 1.61 bits per heavy atom. The van der Waals surface area contributed by atoms with E-state index in [1.807, 2.05) is 0 Å². The SMILES string of the molecule is O=C(NCc1ccc(F)cc1)c1ccnc(C(=O)Nc2ccc(F)c(F)c2)c1. The number of carbonyl (C=O) groups is 2. The van der Waals surface area contributed by atoms with Gasteiger partial charge in [0, 0.05) is 30.1 Å². The zero-order chi connectivity index (χ0) is 20.1. The maximum Gasteiger partial charge on any atom is 0.274 e. The lowest BCUT2D eigenvalue weighted by Gasteiger charge is -2.08. The summed E-state index contributed by atoms with van der Waals surface area (Å²) in [6.45, 7) is 0.178. The normalized spacial score (nSPS) is 10.4. The molecule has 28 heavy (non-hydrogen) atoms. The first-order valence-electron chi connectivity index (χ1n) is 8.17. The minimum atomic E-state index is -1.10. The van der Waals surface area contributed by atoms with Gasteiger partial charge in [0.05, 0.1) is 0 Å². The van der Waals surface area contributed by atoms with E-state index in [1.165, 1.54) is 36.5 Å². The Labute approximate surface area is 158 Å². The summed E-state index contributed by atoms with van der Waals surface area (Å²) < 4.78 is 39.1. The molecule has 5 nitrogen and oxygen atoms in total. The highest BCUT2D eigenvalue weighted by Crippen LogP contribution is 2.14. The predicted octanol–water partition coefficient (Wildman–Crippen LogP) is 3.68. The van der Waals surface area contributed by atoms with E-state index in [-0.39, 0.29) is 29.3 Å². The second-order valence-corrected chi connectivity index (χ2v) is 5.82. The lowest BCUT2D eigenvalue weighted by molar-refractivity contribution is 0.0950. The summed E-state index contributed by atoms with van der Waals surface area (Å²) in [4.78, 5) is 28.4. The number of benzene rings is 2. The van der Waals surface area contributed by atoms with Crippen molar-refractivity contribution in [2.45, 2.75) is 6.54 Å². The van der Waals surface area contributed by atoms with Crippen LogP contribution in [0.5, 0.6) is 0 Å². The summed E-state index contributed by atoms with van der Waals surface area (Å²) in [6, 6.07) is 11.3. The molecule has 0 unspecified atom stereocenters. The highest BCUT2D eigenvalue weighted by atomic mass is 19.2. The lowest BCUT2D eigenvalue weighted by Crippen LogP contribution is -2.23. The Bertz CT molecular complexity index is 1020. The van der Waals surface area contributed by atoms with Gasteiger partial charge in [-0.15, -0.1) is 0 Å². The van der Waals surface area contributed by atoms with Gasteiger partial charge in [-0.3, -0.25) is 14.6 Å². The number of hydrogen-bond donors (Lipinski definition) is 2. The average molecular weight is 385 g/mol. The van der Waals surface area contributed by atoms with Crippen LogP contribution in [0.25, 0.3) is 0 Å². The Hall–Kier alpha value is -3.68. The number of nitrogens with zero attached hydrogens (tertiary/aromatic N) is 1. The standard InChI is InChI=1S/C20H14F3N3O2/c21-14-3-1-12(2-4-14)11-25-19(27)13-7-8-24-18(9-13)20(28)26-15-5-6-16(22)17(23)10-15/h1-10H,11H2,(H,25,27)(H,26,28). The molecule has 0 aliphatic rings. The van der Waals surface area contributed by atoms with Crippen molar-refractivity contribution in [2.24, 2.45) is 0 Å². The predicted molar refractivity (Wildman–Crippen MR) is 96.1 cm³/mol. The van der Waals surface area contributed by atoms with E-state index in [4.69, 9.17) is 0 Å². The molecule has 0 spiro atoms. The van der Waals surface area contributed by atoms with E-state index in [9.17, 15) is 22.8 Å². The van der Waals surface area contributed by atoms with Crippen molar-refractivity contribution in [1.29, 1.82) is 0 Å². The number of pyridine rings is 1. The number of carbonyl (C=O) groups excluding carboxylic acids is 2. The van der Waals surface area contributed by atoms with Crippen LogP contribution >= 0.6 is 0 Å². The molecule has 0 saturated heterocycles. The summed E-state index contributed by atoms with van der Waals surface area (Å²) in [5.74, 6) is -3.63. The van der Waals surface area contributed by atoms with Gasteiger partial charge in [-0.2, -0.15) is 0 Å². The molecule has 0 radical (unpaired) electrons. The second kappa shape index (κ2) is 8.34. The quantitative estimate of drug-likeness (QED) is 0.704. The molecule has 0 bridgehead atoms. The van der Waals surface area contributed by atoms with Crippen molar-refractivity contribution >= 4 is 17.5 Å². The van der Waals surface area contributed by atoms with Crippen LogP contribution in [0.4, 0.5) is 18.9 Å². The van der Waals surface area contributed by atoms with Gasteiger partial charge in [0.15, 0.2) is 11.6 Å². The number of nitrogens with one attached hydrogen (secondary N) is 2. The van der Waals surface area contributed by atoms with Crippen LogP contribution in [-0.2, 0) is 6.54 Å². The van der Waals surface area contributed by atoms with Gasteiger partial charge in [-0.1, -0.05) is 12.1 Å². The molecule has 0 atom stereocenters. The van der Waals surface area contributed by atoms with Crippen LogP contribution < -0.4 is 10.6 Å². The van der Waals surface area contributed by atoms with Crippen molar-refractivity contribution in [2.75, 3.05) is 5.32 Å². The number of aromatic nitrogens is 1. The number of hydrogen-bond acceptors (Lipinski definition) is 3. The van der Waals surface area contributed by atoms with Crippen molar-refractivity contribution < 1.29 is 22.8 Å². The van der Waals surface area contributed by atoms with Gasteiger partial charge >= 0.3 is 0 Å². The van der Waals surface area contributed by atoms with Crippen LogP contribution in [0.1, 0.15) is 26.4 Å². The molecule has 0 saturated carbocycles. The third kappa shape index (κ3) is 4.73. The Morgan fingerprint density at radius 3 is 2.32 bits per heavy atom. The van der Waals surface area contributed by atoms with E-state index >= 15 is 0 Å². The minimum absolute atomic E-state index is 0.0527. The van der Waals surface area contributed by atoms with Crippen molar-refractivity contribution in [3.05, 3.63) is 95.1 Å². The molecule has 1 heterocycles. The molecule has 0 aliphatic carbocycles. The monoisotopic (exact) mass is 385 g/mol. The molecule has 1 aromatic heterocycles.